The molecule has 95 valence electrons. The second-order valence-electron chi connectivity index (χ2n) is 3.46. The van der Waals surface area contributed by atoms with Crippen LogP contribution in [0.25, 0.3) is 0 Å². The molecule has 5 heteroatoms. The van der Waals surface area contributed by atoms with Crippen LogP contribution >= 0.6 is 0 Å². The van der Waals surface area contributed by atoms with Crippen LogP contribution in [0.2, 0.25) is 0 Å². The average Bonchev–Trinajstić information content (AvgIpc) is 2.38. The molecule has 0 N–H and O–H groups in total. The zero-order valence-electron chi connectivity index (χ0n) is 9.90. The third-order valence-electron chi connectivity index (χ3n) is 1.12. The maximum Gasteiger partial charge on any atom is 3.00 e. The molecule has 0 aromatic heterocycles. The molecule has 0 heterocycles. The van der Waals surface area contributed by atoms with E-state index < -0.39 is 0 Å². The van der Waals surface area contributed by atoms with Gasteiger partial charge in [0.1, 0.15) is 0 Å². The molecule has 0 unspecified atom stereocenters. The van der Waals surface area contributed by atoms with Crippen molar-refractivity contribution < 1.29 is 63.7 Å². The Morgan fingerprint density at radius 1 is 1.25 bits per heavy atom. The molecule has 0 atom stereocenters. The molecule has 1 nitrogen and oxygen atoms in total. The van der Waals surface area contributed by atoms with E-state index in [1.807, 2.05) is 32.9 Å². The molecule has 0 aromatic carbocycles. The van der Waals surface area contributed by atoms with Crippen molar-refractivity contribution in [3.8, 4) is 0 Å². The van der Waals surface area contributed by atoms with E-state index in [0.717, 1.165) is 6.42 Å². The fraction of sp³-hybridized carbons (Fsp3) is 0.545. The molecule has 1 aliphatic carbocycles. The molecule has 0 aliphatic heterocycles. The molecule has 0 saturated carbocycles. The molecule has 1 aliphatic rings. The van der Waals surface area contributed by atoms with Gasteiger partial charge in [0.15, 0.2) is 0 Å². The van der Waals surface area contributed by atoms with Crippen LogP contribution in [0.15, 0.2) is 18.2 Å². The van der Waals surface area contributed by atoms with Gasteiger partial charge in [-0.2, -0.15) is 6.08 Å². The molecular weight excluding hydrogens is 302 g/mol. The van der Waals surface area contributed by atoms with Gasteiger partial charge >= 0.3 is 21.7 Å². The molecule has 0 fully saturated rings. The minimum absolute atomic E-state index is 0. The van der Waals surface area contributed by atoms with Crippen molar-refractivity contribution in [1.29, 1.82) is 0 Å². The van der Waals surface area contributed by atoms with Crippen LogP contribution in [0.4, 0.5) is 0 Å². The van der Waals surface area contributed by atoms with Gasteiger partial charge in [-0.15, -0.1) is 6.42 Å². The van der Waals surface area contributed by atoms with Gasteiger partial charge in [-0.3, -0.25) is 6.08 Å². The number of halogens is 3. The second kappa shape index (κ2) is 18.4. The van der Waals surface area contributed by atoms with Crippen LogP contribution in [-0.2, 0) is 26.5 Å². The normalized spacial score (nSPS) is 10.8. The van der Waals surface area contributed by atoms with Crippen molar-refractivity contribution in [2.24, 2.45) is 0 Å². The van der Waals surface area contributed by atoms with Crippen LogP contribution < -0.4 is 37.2 Å². The van der Waals surface area contributed by atoms with E-state index in [-0.39, 0.29) is 64.5 Å². The predicted octanol–water partition coefficient (Wildman–Crippen LogP) is -6.05. The third kappa shape index (κ3) is 29.4. The molecule has 0 amide bonds. The summed E-state index contributed by atoms with van der Waals surface area (Å²) in [6, 6.07) is 0. The summed E-state index contributed by atoms with van der Waals surface area (Å²) in [6.45, 7) is 10.1. The topological polar surface area (TPSA) is 9.23 Å². The average molecular weight is 320 g/mol. The fourth-order valence-corrected chi connectivity index (χ4v) is 0.646. The van der Waals surface area contributed by atoms with Crippen LogP contribution in [0.1, 0.15) is 27.2 Å². The van der Waals surface area contributed by atoms with Crippen molar-refractivity contribution in [3.05, 3.63) is 31.2 Å². The Morgan fingerprint density at radius 3 is 1.81 bits per heavy atom. The van der Waals surface area contributed by atoms with Crippen molar-refractivity contribution in [3.63, 3.8) is 0 Å². The maximum absolute atomic E-state index is 5.12. The Kier molecular flexibility index (Phi) is 34.8. The largest absolute Gasteiger partial charge is 3.00 e. The van der Waals surface area contributed by atoms with E-state index in [2.05, 4.69) is 19.1 Å². The van der Waals surface area contributed by atoms with Gasteiger partial charge in [0.2, 0.25) is 0 Å². The van der Waals surface area contributed by atoms with Crippen LogP contribution in [0.5, 0.6) is 0 Å². The second-order valence-corrected chi connectivity index (χ2v) is 3.46. The summed E-state index contributed by atoms with van der Waals surface area (Å²) in [5.74, 6) is 0. The van der Waals surface area contributed by atoms with Crippen molar-refractivity contribution in [2.45, 2.75) is 32.8 Å². The Balaban J connectivity index is -0.0000000411. The Labute approximate surface area is 134 Å². The number of allylic oxidation sites excluding steroid dienone is 4. The van der Waals surface area contributed by atoms with Crippen molar-refractivity contribution >= 4 is 0 Å². The first-order chi connectivity index (χ1) is 5.56. The molecule has 0 spiro atoms. The van der Waals surface area contributed by atoms with Crippen LogP contribution in [0.3, 0.4) is 0 Å². The molecule has 0 saturated heterocycles. The summed E-state index contributed by atoms with van der Waals surface area (Å²) >= 11 is 0. The molecule has 0 aromatic rings. The first-order valence-corrected chi connectivity index (χ1v) is 4.21. The molecule has 1 rings (SSSR count). The summed E-state index contributed by atoms with van der Waals surface area (Å²) in [5.41, 5.74) is -0.0122. The molecular formula is C11H18Cl3OTi-2. The van der Waals surface area contributed by atoms with Gasteiger partial charge < -0.3 is 48.9 Å². The van der Waals surface area contributed by atoms with Crippen LogP contribution in [-0.4, -0.2) is 12.2 Å². The van der Waals surface area contributed by atoms with Gasteiger partial charge in [-0.25, -0.2) is 12.2 Å². The smallest absolute Gasteiger partial charge is 1.00 e. The first-order valence-electron chi connectivity index (χ1n) is 4.21. The SMILES string of the molecule is [C-]1=CC=CC1.[CH2-]COC(C)(C)C.[Cl-].[Cl-].[Cl-].[Ti+3]. The minimum Gasteiger partial charge on any atom is -1.00 e. The van der Waals surface area contributed by atoms with E-state index in [4.69, 9.17) is 4.74 Å². The molecule has 16 heavy (non-hydrogen) atoms. The minimum atomic E-state index is -0.0122. The summed E-state index contributed by atoms with van der Waals surface area (Å²) in [7, 11) is 0. The number of hydrogen-bond acceptors (Lipinski definition) is 1. The summed E-state index contributed by atoms with van der Waals surface area (Å²) in [4.78, 5) is 0. The van der Waals surface area contributed by atoms with Crippen LogP contribution in [0, 0.1) is 13.0 Å². The molecule has 0 bridgehead atoms. The van der Waals surface area contributed by atoms with Gasteiger partial charge in [-0.1, -0.05) is 6.61 Å². The quantitative estimate of drug-likeness (QED) is 0.345. The fourth-order valence-electron chi connectivity index (χ4n) is 0.646. The Morgan fingerprint density at radius 2 is 1.75 bits per heavy atom. The number of ether oxygens (including phenoxy) is 1. The van der Waals surface area contributed by atoms with E-state index in [9.17, 15) is 0 Å². The Bertz CT molecular complexity index is 155. The number of rotatable bonds is 1. The summed E-state index contributed by atoms with van der Waals surface area (Å²) < 4.78 is 5.12. The standard InChI is InChI=1S/C6H13O.C5H5.3ClH.Ti/c1-5-7-6(2,3)4;1-2-4-5-3-1;;;;/h1,5H2,2-4H3;1-3H,4H2;3*1H;/q2*-1;;;;+3/p-3. The monoisotopic (exact) mass is 319 g/mol. The Hall–Kier alpha value is 1.02. The van der Waals surface area contributed by atoms with Gasteiger partial charge in [0.05, 0.1) is 5.60 Å². The maximum atomic E-state index is 5.12. The zero-order valence-corrected chi connectivity index (χ0v) is 13.7. The van der Waals surface area contributed by atoms with E-state index >= 15 is 0 Å². The number of hydrogen-bond donors (Lipinski definition) is 0. The summed E-state index contributed by atoms with van der Waals surface area (Å²) in [6.07, 6.45) is 10.0. The van der Waals surface area contributed by atoms with Gasteiger partial charge in [0, 0.05) is 0 Å². The van der Waals surface area contributed by atoms with E-state index in [1.54, 1.807) is 0 Å². The predicted molar refractivity (Wildman–Crippen MR) is 52.6 cm³/mol. The van der Waals surface area contributed by atoms with Gasteiger partial charge in [-0.05, 0) is 20.8 Å². The first kappa shape index (κ1) is 30.2. The van der Waals surface area contributed by atoms with Crippen molar-refractivity contribution in [1.82, 2.24) is 0 Å². The van der Waals surface area contributed by atoms with Crippen molar-refractivity contribution in [2.75, 3.05) is 6.61 Å². The zero-order chi connectivity index (χ0) is 9.45. The van der Waals surface area contributed by atoms with E-state index in [0.29, 0.717) is 6.61 Å². The summed E-state index contributed by atoms with van der Waals surface area (Å²) in [5, 5.41) is 0. The van der Waals surface area contributed by atoms with Gasteiger partial charge in [0.25, 0.3) is 0 Å². The molecule has 1 radical (unpaired) electrons. The third-order valence-corrected chi connectivity index (χ3v) is 1.12. The van der Waals surface area contributed by atoms with E-state index in [1.165, 1.54) is 0 Å².